The monoisotopic (exact) mass is 403 g/mol. The summed E-state index contributed by atoms with van der Waals surface area (Å²) in [5, 5.41) is 3.09. The number of carbonyl (C=O) groups is 1. The summed E-state index contributed by atoms with van der Waals surface area (Å²) in [5.74, 6) is 0.968. The highest BCUT2D eigenvalue weighted by molar-refractivity contribution is 5.95. The number of hydrogen-bond acceptors (Lipinski definition) is 5. The zero-order chi connectivity index (χ0) is 20.9. The first kappa shape index (κ1) is 19.8. The fraction of sp³-hybridized carbons (Fsp3) is 0.250. The van der Waals surface area contributed by atoms with Crippen LogP contribution in [0.25, 0.3) is 0 Å². The lowest BCUT2D eigenvalue weighted by Crippen LogP contribution is -2.37. The second kappa shape index (κ2) is 8.86. The highest BCUT2D eigenvalue weighted by atomic mass is 16.5. The molecular weight excluding hydrogens is 378 g/mol. The summed E-state index contributed by atoms with van der Waals surface area (Å²) < 4.78 is 10.6. The number of ether oxygens (including phenoxy) is 2. The molecule has 6 nitrogen and oxygen atoms in total. The first-order valence-corrected chi connectivity index (χ1v) is 9.96. The van der Waals surface area contributed by atoms with Crippen molar-refractivity contribution in [2.24, 2.45) is 0 Å². The number of para-hydroxylation sites is 1. The van der Waals surface area contributed by atoms with Crippen molar-refractivity contribution in [1.82, 2.24) is 10.3 Å². The Bertz CT molecular complexity index is 1020. The van der Waals surface area contributed by atoms with Gasteiger partial charge in [0.2, 0.25) is 0 Å². The standard InChI is InChI=1S/C24H25N3O3/c1-29-22-10-9-18(14-23(22)30-2)24(28)26-16-21(19-7-5-12-25-15-19)27-13-11-17-6-3-4-8-20(17)27/h3-10,12,14-15,21H,11,13,16H2,1-2H3,(H,26,28). The third kappa shape index (κ3) is 3.94. The number of carbonyl (C=O) groups excluding carboxylic acids is 1. The maximum absolute atomic E-state index is 12.9. The summed E-state index contributed by atoms with van der Waals surface area (Å²) in [4.78, 5) is 19.5. The van der Waals surface area contributed by atoms with E-state index >= 15 is 0 Å². The Labute approximate surface area is 176 Å². The molecule has 3 aromatic rings. The first-order valence-electron chi connectivity index (χ1n) is 9.96. The average molecular weight is 403 g/mol. The second-order valence-electron chi connectivity index (χ2n) is 7.15. The van der Waals surface area contributed by atoms with Crippen LogP contribution in [0.3, 0.4) is 0 Å². The van der Waals surface area contributed by atoms with Gasteiger partial charge in [0.1, 0.15) is 0 Å². The van der Waals surface area contributed by atoms with E-state index in [0.29, 0.717) is 23.6 Å². The van der Waals surface area contributed by atoms with Crippen molar-refractivity contribution in [3.8, 4) is 11.5 Å². The molecule has 1 N–H and O–H groups in total. The minimum Gasteiger partial charge on any atom is -0.493 e. The number of anilines is 1. The maximum Gasteiger partial charge on any atom is 0.251 e. The lowest BCUT2D eigenvalue weighted by molar-refractivity contribution is 0.0950. The summed E-state index contributed by atoms with van der Waals surface area (Å²) in [5.41, 5.74) is 4.14. The number of pyridine rings is 1. The van der Waals surface area contributed by atoms with Crippen LogP contribution in [0.4, 0.5) is 5.69 Å². The molecule has 0 fully saturated rings. The van der Waals surface area contributed by atoms with Gasteiger partial charge in [-0.25, -0.2) is 0 Å². The molecule has 2 aromatic carbocycles. The molecule has 0 saturated carbocycles. The van der Waals surface area contributed by atoms with Crippen LogP contribution in [0.2, 0.25) is 0 Å². The van der Waals surface area contributed by atoms with Crippen LogP contribution in [-0.4, -0.2) is 38.2 Å². The largest absolute Gasteiger partial charge is 0.493 e. The average Bonchev–Trinajstić information content (AvgIpc) is 3.23. The Morgan fingerprint density at radius 2 is 1.93 bits per heavy atom. The van der Waals surface area contributed by atoms with Crippen LogP contribution in [0.15, 0.2) is 67.0 Å². The SMILES string of the molecule is COc1ccc(C(=O)NCC(c2cccnc2)N2CCc3ccccc32)cc1OC. The van der Waals surface area contributed by atoms with Crippen molar-refractivity contribution >= 4 is 11.6 Å². The second-order valence-corrected chi connectivity index (χ2v) is 7.15. The summed E-state index contributed by atoms with van der Waals surface area (Å²) in [6.45, 7) is 1.37. The molecule has 2 heterocycles. The number of methoxy groups -OCH3 is 2. The van der Waals surface area contributed by atoms with Gasteiger partial charge >= 0.3 is 0 Å². The molecule has 0 aliphatic carbocycles. The molecule has 0 radical (unpaired) electrons. The highest BCUT2D eigenvalue weighted by Gasteiger charge is 2.27. The van der Waals surface area contributed by atoms with Crippen LogP contribution in [0.5, 0.6) is 11.5 Å². The molecule has 154 valence electrons. The van der Waals surface area contributed by atoms with E-state index in [1.807, 2.05) is 12.3 Å². The van der Waals surface area contributed by atoms with E-state index in [1.54, 1.807) is 38.6 Å². The van der Waals surface area contributed by atoms with Crippen molar-refractivity contribution in [3.05, 3.63) is 83.7 Å². The van der Waals surface area contributed by atoms with E-state index in [2.05, 4.69) is 45.5 Å². The lowest BCUT2D eigenvalue weighted by atomic mass is 10.1. The normalized spacial score (nSPS) is 13.5. The van der Waals surface area contributed by atoms with Crippen LogP contribution < -0.4 is 19.7 Å². The topological polar surface area (TPSA) is 63.7 Å². The van der Waals surface area contributed by atoms with Crippen molar-refractivity contribution in [2.45, 2.75) is 12.5 Å². The predicted octanol–water partition coefficient (Wildman–Crippen LogP) is 3.63. The van der Waals surface area contributed by atoms with E-state index in [0.717, 1.165) is 18.5 Å². The summed E-state index contributed by atoms with van der Waals surface area (Å²) in [6, 6.07) is 17.6. The number of amides is 1. The van der Waals surface area contributed by atoms with Gasteiger partial charge in [-0.1, -0.05) is 24.3 Å². The predicted molar refractivity (Wildman–Crippen MR) is 116 cm³/mol. The van der Waals surface area contributed by atoms with Gasteiger partial charge in [0.05, 0.1) is 20.3 Å². The van der Waals surface area contributed by atoms with E-state index in [9.17, 15) is 4.79 Å². The molecule has 30 heavy (non-hydrogen) atoms. The van der Waals surface area contributed by atoms with Gasteiger partial charge in [-0.3, -0.25) is 9.78 Å². The number of benzene rings is 2. The maximum atomic E-state index is 12.9. The molecule has 1 aliphatic heterocycles. The minimum absolute atomic E-state index is 0.00792. The van der Waals surface area contributed by atoms with Crippen LogP contribution in [0.1, 0.15) is 27.5 Å². The number of nitrogens with zero attached hydrogens (tertiary/aromatic N) is 2. The highest BCUT2D eigenvalue weighted by Crippen LogP contribution is 2.34. The Morgan fingerprint density at radius 1 is 1.10 bits per heavy atom. The van der Waals surface area contributed by atoms with Gasteiger partial charge < -0.3 is 19.7 Å². The quantitative estimate of drug-likeness (QED) is 0.653. The zero-order valence-electron chi connectivity index (χ0n) is 17.2. The van der Waals surface area contributed by atoms with Gasteiger partial charge in [-0.15, -0.1) is 0 Å². The third-order valence-corrected chi connectivity index (χ3v) is 5.47. The van der Waals surface area contributed by atoms with Gasteiger partial charge in [0.15, 0.2) is 11.5 Å². The Balaban J connectivity index is 1.56. The summed E-state index contributed by atoms with van der Waals surface area (Å²) in [7, 11) is 3.13. The van der Waals surface area contributed by atoms with Crippen LogP contribution in [-0.2, 0) is 6.42 Å². The molecule has 0 saturated heterocycles. The lowest BCUT2D eigenvalue weighted by Gasteiger charge is -2.31. The number of rotatable bonds is 7. The molecule has 0 bridgehead atoms. The van der Waals surface area contributed by atoms with Crippen molar-refractivity contribution in [2.75, 3.05) is 32.2 Å². The van der Waals surface area contributed by atoms with Crippen molar-refractivity contribution in [3.63, 3.8) is 0 Å². The van der Waals surface area contributed by atoms with E-state index in [1.165, 1.54) is 11.3 Å². The molecule has 1 amide bonds. The molecule has 1 unspecified atom stereocenters. The number of fused-ring (bicyclic) bond motifs is 1. The number of aromatic nitrogens is 1. The molecule has 1 aromatic heterocycles. The molecular formula is C24H25N3O3. The van der Waals surface area contributed by atoms with Crippen LogP contribution in [0, 0.1) is 0 Å². The molecule has 0 spiro atoms. The van der Waals surface area contributed by atoms with E-state index in [-0.39, 0.29) is 11.9 Å². The minimum atomic E-state index is -0.155. The molecule has 1 atom stereocenters. The Hall–Kier alpha value is -3.54. The Kier molecular flexibility index (Phi) is 5.84. The molecule has 6 heteroatoms. The fourth-order valence-corrected chi connectivity index (χ4v) is 3.94. The fourth-order valence-electron chi connectivity index (χ4n) is 3.94. The van der Waals surface area contributed by atoms with Gasteiger partial charge in [0, 0.05) is 36.7 Å². The number of nitrogens with one attached hydrogen (secondary N) is 1. The molecule has 1 aliphatic rings. The van der Waals surface area contributed by atoms with E-state index in [4.69, 9.17) is 9.47 Å². The summed E-state index contributed by atoms with van der Waals surface area (Å²) in [6.07, 6.45) is 4.63. The van der Waals surface area contributed by atoms with Crippen molar-refractivity contribution < 1.29 is 14.3 Å². The third-order valence-electron chi connectivity index (χ3n) is 5.47. The van der Waals surface area contributed by atoms with Crippen molar-refractivity contribution in [1.29, 1.82) is 0 Å². The van der Waals surface area contributed by atoms with Gasteiger partial charge in [-0.2, -0.15) is 0 Å². The Morgan fingerprint density at radius 3 is 2.70 bits per heavy atom. The van der Waals surface area contributed by atoms with Gasteiger partial charge in [-0.05, 0) is 47.9 Å². The molecule has 4 rings (SSSR count). The smallest absolute Gasteiger partial charge is 0.251 e. The van der Waals surface area contributed by atoms with Crippen LogP contribution >= 0.6 is 0 Å². The van der Waals surface area contributed by atoms with E-state index < -0.39 is 0 Å². The number of hydrogen-bond donors (Lipinski definition) is 1. The van der Waals surface area contributed by atoms with Gasteiger partial charge in [0.25, 0.3) is 5.91 Å². The zero-order valence-corrected chi connectivity index (χ0v) is 17.2. The first-order chi connectivity index (χ1) is 14.7. The summed E-state index contributed by atoms with van der Waals surface area (Å²) >= 11 is 0.